The predicted molar refractivity (Wildman–Crippen MR) is 52.9 cm³/mol. The third-order valence-electron chi connectivity index (χ3n) is 1.85. The number of amides is 1. The van der Waals surface area contributed by atoms with Crippen molar-refractivity contribution in [3.05, 3.63) is 12.7 Å². The smallest absolute Gasteiger partial charge is 0.317 e. The van der Waals surface area contributed by atoms with Crippen molar-refractivity contribution < 1.29 is 14.7 Å². The lowest BCUT2D eigenvalue weighted by molar-refractivity contribution is -0.139. The summed E-state index contributed by atoms with van der Waals surface area (Å²) in [5, 5.41) is 11.1. The molecule has 0 aromatic rings. The van der Waals surface area contributed by atoms with Crippen molar-refractivity contribution in [2.45, 2.75) is 13.0 Å². The lowest BCUT2D eigenvalue weighted by Crippen LogP contribution is -2.45. The Morgan fingerprint density at radius 1 is 1.64 bits per heavy atom. The summed E-state index contributed by atoms with van der Waals surface area (Å²) < 4.78 is 0. The van der Waals surface area contributed by atoms with E-state index in [0.29, 0.717) is 6.54 Å². The fourth-order valence-corrected chi connectivity index (χ4v) is 0.871. The van der Waals surface area contributed by atoms with Gasteiger partial charge in [0.15, 0.2) is 0 Å². The van der Waals surface area contributed by atoms with Crippen LogP contribution in [0.5, 0.6) is 0 Å². The van der Waals surface area contributed by atoms with Crippen LogP contribution in [0, 0.1) is 0 Å². The maximum atomic E-state index is 11.3. The van der Waals surface area contributed by atoms with Crippen molar-refractivity contribution in [1.29, 1.82) is 0 Å². The van der Waals surface area contributed by atoms with Crippen LogP contribution >= 0.6 is 0 Å². The monoisotopic (exact) mass is 200 g/mol. The van der Waals surface area contributed by atoms with E-state index >= 15 is 0 Å². The number of nitrogens with zero attached hydrogens (tertiary/aromatic N) is 1. The fourth-order valence-electron chi connectivity index (χ4n) is 0.871. The highest BCUT2D eigenvalue weighted by Crippen LogP contribution is 1.94. The van der Waals surface area contributed by atoms with E-state index in [2.05, 4.69) is 11.9 Å². The van der Waals surface area contributed by atoms with Crippen molar-refractivity contribution in [3.63, 3.8) is 0 Å². The van der Waals surface area contributed by atoms with Gasteiger partial charge in [0, 0.05) is 6.54 Å². The number of nitrogens with one attached hydrogen (secondary N) is 1. The molecule has 0 fully saturated rings. The fraction of sp³-hybridized carbons (Fsp3) is 0.556. The summed E-state index contributed by atoms with van der Waals surface area (Å²) in [6.45, 7) is 5.36. The second-order valence-electron chi connectivity index (χ2n) is 3.02. The molecule has 0 bridgehead atoms. The van der Waals surface area contributed by atoms with Crippen molar-refractivity contribution >= 4 is 11.9 Å². The van der Waals surface area contributed by atoms with E-state index in [-0.39, 0.29) is 12.5 Å². The highest BCUT2D eigenvalue weighted by Gasteiger charge is 2.18. The van der Waals surface area contributed by atoms with Crippen LogP contribution in [0.15, 0.2) is 12.7 Å². The SMILES string of the molecule is C=CCNC(=O)C(C)N(C)CC(=O)O. The molecule has 0 aliphatic carbocycles. The molecule has 0 saturated heterocycles. The zero-order chi connectivity index (χ0) is 11.1. The van der Waals surface area contributed by atoms with Crippen LogP contribution in [-0.2, 0) is 9.59 Å². The van der Waals surface area contributed by atoms with Crippen LogP contribution in [0.4, 0.5) is 0 Å². The molecule has 80 valence electrons. The topological polar surface area (TPSA) is 69.6 Å². The van der Waals surface area contributed by atoms with Crippen molar-refractivity contribution in [3.8, 4) is 0 Å². The lowest BCUT2D eigenvalue weighted by atomic mass is 10.2. The molecule has 1 unspecified atom stereocenters. The van der Waals surface area contributed by atoms with Gasteiger partial charge in [-0.15, -0.1) is 6.58 Å². The highest BCUT2D eigenvalue weighted by atomic mass is 16.4. The van der Waals surface area contributed by atoms with Crippen LogP contribution in [0.3, 0.4) is 0 Å². The minimum Gasteiger partial charge on any atom is -0.480 e. The van der Waals surface area contributed by atoms with E-state index in [1.54, 1.807) is 20.0 Å². The zero-order valence-electron chi connectivity index (χ0n) is 8.49. The van der Waals surface area contributed by atoms with E-state index in [0.717, 1.165) is 0 Å². The van der Waals surface area contributed by atoms with E-state index < -0.39 is 12.0 Å². The Morgan fingerprint density at radius 2 is 2.21 bits per heavy atom. The molecule has 5 nitrogen and oxygen atoms in total. The molecule has 2 N–H and O–H groups in total. The van der Waals surface area contributed by atoms with E-state index in [9.17, 15) is 9.59 Å². The number of carboxylic acid groups (broad SMARTS) is 1. The van der Waals surface area contributed by atoms with Gasteiger partial charge in [-0.1, -0.05) is 6.08 Å². The minimum absolute atomic E-state index is 0.150. The molecule has 0 aliphatic heterocycles. The van der Waals surface area contributed by atoms with Gasteiger partial charge in [0.2, 0.25) is 5.91 Å². The number of carboxylic acids is 1. The van der Waals surface area contributed by atoms with E-state index in [1.807, 2.05) is 0 Å². The first-order valence-corrected chi connectivity index (χ1v) is 4.29. The largest absolute Gasteiger partial charge is 0.480 e. The Balaban J connectivity index is 4.02. The highest BCUT2D eigenvalue weighted by molar-refractivity contribution is 5.82. The predicted octanol–water partition coefficient (Wildman–Crippen LogP) is -0.306. The Bertz CT molecular complexity index is 228. The third-order valence-corrected chi connectivity index (χ3v) is 1.85. The molecule has 0 aliphatic rings. The molecular formula is C9H16N2O3. The molecule has 0 saturated carbocycles. The Morgan fingerprint density at radius 3 is 2.64 bits per heavy atom. The molecule has 0 aromatic carbocycles. The Hall–Kier alpha value is -1.36. The maximum Gasteiger partial charge on any atom is 0.317 e. The van der Waals surface area contributed by atoms with Gasteiger partial charge < -0.3 is 10.4 Å². The quantitative estimate of drug-likeness (QED) is 0.577. The summed E-state index contributed by atoms with van der Waals surface area (Å²) >= 11 is 0. The molecular weight excluding hydrogens is 184 g/mol. The molecule has 0 spiro atoms. The lowest BCUT2D eigenvalue weighted by Gasteiger charge is -2.21. The summed E-state index contributed by atoms with van der Waals surface area (Å²) in [5.41, 5.74) is 0. The number of hydrogen-bond donors (Lipinski definition) is 2. The molecule has 1 atom stereocenters. The summed E-state index contributed by atoms with van der Waals surface area (Å²) in [6, 6.07) is -0.453. The summed E-state index contributed by atoms with van der Waals surface area (Å²) in [5.74, 6) is -1.15. The molecule has 1 amide bonds. The van der Waals surface area contributed by atoms with E-state index in [1.165, 1.54) is 4.90 Å². The average Bonchev–Trinajstić information content (AvgIpc) is 2.11. The van der Waals surface area contributed by atoms with Gasteiger partial charge in [-0.25, -0.2) is 0 Å². The van der Waals surface area contributed by atoms with Gasteiger partial charge in [-0.3, -0.25) is 14.5 Å². The van der Waals surface area contributed by atoms with Gasteiger partial charge in [-0.2, -0.15) is 0 Å². The second-order valence-corrected chi connectivity index (χ2v) is 3.02. The number of rotatable bonds is 6. The van der Waals surface area contributed by atoms with Crippen LogP contribution in [-0.4, -0.2) is 48.1 Å². The standard InChI is InChI=1S/C9H16N2O3/c1-4-5-10-9(14)7(2)11(3)6-8(12)13/h4,7H,1,5-6H2,2-3H3,(H,10,14)(H,12,13). The molecule has 14 heavy (non-hydrogen) atoms. The number of hydrogen-bond acceptors (Lipinski definition) is 3. The Kier molecular flexibility index (Phi) is 5.55. The second kappa shape index (κ2) is 6.15. The first kappa shape index (κ1) is 12.6. The van der Waals surface area contributed by atoms with Gasteiger partial charge in [0.25, 0.3) is 0 Å². The maximum absolute atomic E-state index is 11.3. The first-order chi connectivity index (χ1) is 6.49. The number of likely N-dealkylation sites (N-methyl/N-ethyl adjacent to an activating group) is 1. The van der Waals surface area contributed by atoms with Crippen LogP contribution in [0.1, 0.15) is 6.92 Å². The first-order valence-electron chi connectivity index (χ1n) is 4.29. The van der Waals surface area contributed by atoms with Gasteiger partial charge in [0.1, 0.15) is 0 Å². The normalized spacial score (nSPS) is 12.2. The van der Waals surface area contributed by atoms with Crippen molar-refractivity contribution in [2.24, 2.45) is 0 Å². The van der Waals surface area contributed by atoms with Crippen LogP contribution in [0.2, 0.25) is 0 Å². The van der Waals surface area contributed by atoms with Crippen LogP contribution < -0.4 is 5.32 Å². The third kappa shape index (κ3) is 4.61. The molecule has 0 aromatic heterocycles. The molecule has 5 heteroatoms. The van der Waals surface area contributed by atoms with Gasteiger partial charge in [-0.05, 0) is 14.0 Å². The average molecular weight is 200 g/mol. The number of aliphatic carboxylic acids is 1. The molecule has 0 rings (SSSR count). The molecule has 0 heterocycles. The summed E-state index contributed by atoms with van der Waals surface area (Å²) in [4.78, 5) is 23.2. The summed E-state index contributed by atoms with van der Waals surface area (Å²) in [7, 11) is 1.59. The van der Waals surface area contributed by atoms with Gasteiger partial charge in [0.05, 0.1) is 12.6 Å². The number of carbonyl (C=O) groups is 2. The molecule has 0 radical (unpaired) electrons. The van der Waals surface area contributed by atoms with Crippen molar-refractivity contribution in [1.82, 2.24) is 10.2 Å². The number of carbonyl (C=O) groups excluding carboxylic acids is 1. The van der Waals surface area contributed by atoms with Crippen molar-refractivity contribution in [2.75, 3.05) is 20.1 Å². The minimum atomic E-state index is -0.948. The van der Waals surface area contributed by atoms with Crippen LogP contribution in [0.25, 0.3) is 0 Å². The Labute approximate surface area is 83.4 Å². The van der Waals surface area contributed by atoms with E-state index in [4.69, 9.17) is 5.11 Å². The van der Waals surface area contributed by atoms with Gasteiger partial charge >= 0.3 is 5.97 Å². The summed E-state index contributed by atoms with van der Waals surface area (Å²) in [6.07, 6.45) is 1.57. The zero-order valence-corrected chi connectivity index (χ0v) is 8.49.